The molecule has 2 bridgehead atoms. The third kappa shape index (κ3) is 4.30. The van der Waals surface area contributed by atoms with E-state index in [1.807, 2.05) is 18.2 Å². The van der Waals surface area contributed by atoms with Crippen LogP contribution in [0.15, 0.2) is 42.5 Å². The van der Waals surface area contributed by atoms with Gasteiger partial charge in [0.2, 0.25) is 0 Å². The molecule has 3 aromatic carbocycles. The Balaban J connectivity index is 1.27. The summed E-state index contributed by atoms with van der Waals surface area (Å²) in [4.78, 5) is 13.7. The number of nitrogens with zero attached hydrogens (tertiary/aromatic N) is 4. The highest BCUT2D eigenvalue weighted by molar-refractivity contribution is 6.04. The van der Waals surface area contributed by atoms with Crippen LogP contribution in [-0.4, -0.2) is 75.7 Å². The highest BCUT2D eigenvalue weighted by atomic mass is 19.1. The minimum absolute atomic E-state index is 0.000906. The number of phenolic OH excluding ortho intramolecular Hbond substituents is 1. The van der Waals surface area contributed by atoms with Crippen LogP contribution in [0.2, 0.25) is 0 Å². The molecule has 4 aliphatic rings. The van der Waals surface area contributed by atoms with Crippen molar-refractivity contribution in [2.45, 2.75) is 49.9 Å². The van der Waals surface area contributed by atoms with Gasteiger partial charge in [0, 0.05) is 59.8 Å². The zero-order valence-corrected chi connectivity index (χ0v) is 24.3. The molecule has 1 aliphatic carbocycles. The van der Waals surface area contributed by atoms with Gasteiger partial charge in [0.15, 0.2) is 5.82 Å². The molecule has 8 rings (SSSR count). The van der Waals surface area contributed by atoms with E-state index in [-0.39, 0.29) is 47.4 Å². The molecule has 2 N–H and O–H groups in total. The quantitative estimate of drug-likeness (QED) is 0.297. The van der Waals surface area contributed by atoms with Crippen LogP contribution in [0, 0.1) is 30.0 Å². The molecule has 9 heteroatoms. The molecule has 3 aliphatic heterocycles. The van der Waals surface area contributed by atoms with Crippen molar-refractivity contribution in [1.29, 1.82) is 0 Å². The molecule has 4 aromatic rings. The van der Waals surface area contributed by atoms with E-state index in [0.29, 0.717) is 59.2 Å². The van der Waals surface area contributed by atoms with Crippen molar-refractivity contribution in [2.24, 2.45) is 11.8 Å². The van der Waals surface area contributed by atoms with Gasteiger partial charge in [0.05, 0.1) is 11.6 Å². The number of aromatic nitrogens is 2. The summed E-state index contributed by atoms with van der Waals surface area (Å²) >= 11 is 0. The first-order valence-electron chi connectivity index (χ1n) is 15.5. The monoisotopic (exact) mass is 596 g/mol. The third-order valence-corrected chi connectivity index (χ3v) is 10.5. The van der Waals surface area contributed by atoms with E-state index in [4.69, 9.17) is 16.1 Å². The normalized spacial score (nSPS) is 28.1. The fourth-order valence-electron chi connectivity index (χ4n) is 8.40. The number of anilines is 1. The molecule has 1 aromatic heterocycles. The number of phenols is 1. The lowest BCUT2D eigenvalue weighted by atomic mass is 9.93. The molecule has 4 heterocycles. The van der Waals surface area contributed by atoms with E-state index in [1.165, 1.54) is 6.07 Å². The molecule has 1 saturated carbocycles. The van der Waals surface area contributed by atoms with Gasteiger partial charge in [-0.1, -0.05) is 24.1 Å². The molecule has 0 radical (unpaired) electrons. The maximum absolute atomic E-state index is 16.8. The number of hydrogen-bond acceptors (Lipinski definition) is 7. The summed E-state index contributed by atoms with van der Waals surface area (Å²) in [6.07, 6.45) is 8.69. The summed E-state index contributed by atoms with van der Waals surface area (Å²) in [6, 6.07) is 12.1. The number of aromatic hydroxyl groups is 1. The first kappa shape index (κ1) is 27.5. The standard InChI is InChI=1S/C35H34F2N4O3/c1-2-20-5-3-6-21-13-25(42)14-28(29(20)21)26-9-10-27-31(30(26)37)38-34(44-19-35-11-4-12-41(35)18-24(36)15-35)39-33(27)40-16-22-7-8-23(17-40)32(22)43/h1,3,5-6,9-10,13-14,22-24,32,42-43H,4,7-8,11-12,15-19H2/t22?,23?,24-,32?,35+/m1/s1. The molecule has 4 fully saturated rings. The van der Waals surface area contributed by atoms with Gasteiger partial charge < -0.3 is 19.8 Å². The Morgan fingerprint density at radius 1 is 1.07 bits per heavy atom. The summed E-state index contributed by atoms with van der Waals surface area (Å²) in [5.74, 6) is 2.94. The summed E-state index contributed by atoms with van der Waals surface area (Å²) in [5, 5.41) is 23.2. The Kier molecular flexibility index (Phi) is 6.44. The summed E-state index contributed by atoms with van der Waals surface area (Å²) < 4.78 is 37.5. The molecule has 7 nitrogen and oxygen atoms in total. The number of hydrogen-bond donors (Lipinski definition) is 2. The van der Waals surface area contributed by atoms with Crippen LogP contribution in [0.1, 0.15) is 37.7 Å². The van der Waals surface area contributed by atoms with Gasteiger partial charge in [-0.3, -0.25) is 4.90 Å². The molecule has 226 valence electrons. The second-order valence-corrected chi connectivity index (χ2v) is 13.1. The van der Waals surface area contributed by atoms with Crippen molar-refractivity contribution < 1.29 is 23.7 Å². The van der Waals surface area contributed by atoms with Gasteiger partial charge in [-0.25, -0.2) is 8.78 Å². The predicted octanol–water partition coefficient (Wildman–Crippen LogP) is 5.44. The Morgan fingerprint density at radius 2 is 1.89 bits per heavy atom. The van der Waals surface area contributed by atoms with Gasteiger partial charge in [0.25, 0.3) is 0 Å². The topological polar surface area (TPSA) is 82.0 Å². The Hall–Kier alpha value is -4.00. The van der Waals surface area contributed by atoms with Crippen molar-refractivity contribution in [3.8, 4) is 35.2 Å². The van der Waals surface area contributed by atoms with E-state index in [1.54, 1.807) is 18.2 Å². The molecule has 44 heavy (non-hydrogen) atoms. The van der Waals surface area contributed by atoms with Gasteiger partial charge in [-0.15, -0.1) is 6.42 Å². The number of benzene rings is 3. The Bertz CT molecular complexity index is 1830. The highest BCUT2D eigenvalue weighted by Gasteiger charge is 2.49. The number of terminal acetylenes is 1. The highest BCUT2D eigenvalue weighted by Crippen LogP contribution is 2.44. The first-order chi connectivity index (χ1) is 21.3. The zero-order valence-electron chi connectivity index (χ0n) is 24.3. The van der Waals surface area contributed by atoms with Crippen molar-refractivity contribution in [2.75, 3.05) is 37.7 Å². The number of ether oxygens (including phenoxy) is 1. The number of fused-ring (bicyclic) bond motifs is 5. The molecule has 0 spiro atoms. The lowest BCUT2D eigenvalue weighted by molar-refractivity contribution is 0.0790. The van der Waals surface area contributed by atoms with Crippen LogP contribution < -0.4 is 9.64 Å². The van der Waals surface area contributed by atoms with Crippen LogP contribution in [0.4, 0.5) is 14.6 Å². The van der Waals surface area contributed by atoms with Crippen molar-refractivity contribution >= 4 is 27.5 Å². The average Bonchev–Trinajstić information content (AvgIpc) is 3.59. The van der Waals surface area contributed by atoms with E-state index in [0.717, 1.165) is 32.2 Å². The van der Waals surface area contributed by atoms with Gasteiger partial charge in [-0.2, -0.15) is 9.97 Å². The van der Waals surface area contributed by atoms with Gasteiger partial charge in [0.1, 0.15) is 29.9 Å². The largest absolute Gasteiger partial charge is 0.508 e. The Morgan fingerprint density at radius 3 is 2.68 bits per heavy atom. The minimum atomic E-state index is -0.896. The number of aliphatic hydroxyl groups excluding tert-OH is 1. The van der Waals surface area contributed by atoms with E-state index in [2.05, 4.69) is 20.7 Å². The smallest absolute Gasteiger partial charge is 0.319 e. The first-order valence-corrected chi connectivity index (χ1v) is 15.5. The van der Waals surface area contributed by atoms with Crippen LogP contribution in [0.5, 0.6) is 11.8 Å². The summed E-state index contributed by atoms with van der Waals surface area (Å²) in [6.45, 7) is 2.68. The van der Waals surface area contributed by atoms with Crippen LogP contribution in [-0.2, 0) is 0 Å². The second kappa shape index (κ2) is 10.3. The van der Waals surface area contributed by atoms with Crippen LogP contribution in [0.25, 0.3) is 32.8 Å². The third-order valence-electron chi connectivity index (χ3n) is 10.5. The number of aliphatic hydroxyl groups is 1. The summed E-state index contributed by atoms with van der Waals surface area (Å²) in [5.41, 5.74) is 1.01. The van der Waals surface area contributed by atoms with Crippen molar-refractivity contribution in [1.82, 2.24) is 14.9 Å². The zero-order chi connectivity index (χ0) is 30.2. The number of halogens is 2. The number of alkyl halides is 1. The molecular formula is C35H34F2N4O3. The molecule has 0 amide bonds. The molecular weight excluding hydrogens is 562 g/mol. The van der Waals surface area contributed by atoms with Gasteiger partial charge >= 0.3 is 6.01 Å². The fourth-order valence-corrected chi connectivity index (χ4v) is 8.40. The van der Waals surface area contributed by atoms with E-state index in [9.17, 15) is 14.6 Å². The fraction of sp³-hybridized carbons (Fsp3) is 0.429. The van der Waals surface area contributed by atoms with Crippen molar-refractivity contribution in [3.05, 3.63) is 53.8 Å². The number of piperidine rings is 1. The number of rotatable bonds is 5. The van der Waals surface area contributed by atoms with Crippen LogP contribution >= 0.6 is 0 Å². The lowest BCUT2D eigenvalue weighted by Gasteiger charge is -2.36. The predicted molar refractivity (Wildman–Crippen MR) is 165 cm³/mol. The van der Waals surface area contributed by atoms with E-state index >= 15 is 4.39 Å². The maximum atomic E-state index is 16.8. The van der Waals surface area contributed by atoms with Crippen LogP contribution in [0.3, 0.4) is 0 Å². The maximum Gasteiger partial charge on any atom is 0.319 e. The summed E-state index contributed by atoms with van der Waals surface area (Å²) in [7, 11) is 0. The van der Waals surface area contributed by atoms with Crippen molar-refractivity contribution in [3.63, 3.8) is 0 Å². The minimum Gasteiger partial charge on any atom is -0.508 e. The molecule has 3 saturated heterocycles. The molecule has 2 unspecified atom stereocenters. The average molecular weight is 597 g/mol. The second-order valence-electron chi connectivity index (χ2n) is 13.1. The lowest BCUT2D eigenvalue weighted by Crippen LogP contribution is -2.45. The molecule has 4 atom stereocenters. The van der Waals surface area contributed by atoms with Gasteiger partial charge in [-0.05, 0) is 67.4 Å². The Labute approximate surface area is 254 Å². The SMILES string of the molecule is C#Cc1cccc2cc(O)cc(-c3ccc4c(N5CC6CCC(C5)C6O)nc(OC[C@@]56CCCN5C[C@H](F)C6)nc4c3F)c12. The van der Waals surface area contributed by atoms with E-state index < -0.39 is 17.5 Å².